The minimum atomic E-state index is -1.06. The maximum atomic E-state index is 13.0. The van der Waals surface area contributed by atoms with Crippen molar-refractivity contribution >= 4 is 18.0 Å². The van der Waals surface area contributed by atoms with Gasteiger partial charge in [-0.1, -0.05) is 62.4 Å². The van der Waals surface area contributed by atoms with Gasteiger partial charge in [0.05, 0.1) is 5.92 Å². The van der Waals surface area contributed by atoms with E-state index >= 15 is 0 Å². The van der Waals surface area contributed by atoms with Gasteiger partial charge in [0.25, 0.3) is 0 Å². The van der Waals surface area contributed by atoms with Gasteiger partial charge in [0, 0.05) is 19.0 Å². The molecule has 0 saturated carbocycles. The lowest BCUT2D eigenvalue weighted by molar-refractivity contribution is -0.151. The van der Waals surface area contributed by atoms with Crippen LogP contribution < -0.4 is 5.32 Å². The second-order valence-electron chi connectivity index (χ2n) is 8.70. The zero-order chi connectivity index (χ0) is 24.1. The Kier molecular flexibility index (Phi) is 7.74. The van der Waals surface area contributed by atoms with Crippen molar-refractivity contribution < 1.29 is 24.2 Å². The third-order valence-electron chi connectivity index (χ3n) is 6.38. The number of carbonyl (C=O) groups is 3. The molecule has 2 N–H and O–H groups in total. The van der Waals surface area contributed by atoms with Crippen LogP contribution in [0.5, 0.6) is 0 Å². The fourth-order valence-corrected chi connectivity index (χ4v) is 4.42. The average molecular weight is 453 g/mol. The molecule has 0 fully saturated rings. The highest BCUT2D eigenvalue weighted by atomic mass is 16.5. The fraction of sp³-hybridized carbons (Fsp3) is 0.423. The van der Waals surface area contributed by atoms with Crippen molar-refractivity contribution in [1.82, 2.24) is 10.2 Å². The Hall–Kier alpha value is -3.35. The summed E-state index contributed by atoms with van der Waals surface area (Å²) < 4.78 is 5.55. The molecule has 0 bridgehead atoms. The number of hydrogen-bond acceptors (Lipinski definition) is 4. The summed E-state index contributed by atoms with van der Waals surface area (Å²) in [5, 5.41) is 12.0. The zero-order valence-corrected chi connectivity index (χ0v) is 19.6. The van der Waals surface area contributed by atoms with Crippen LogP contribution in [0.1, 0.15) is 44.7 Å². The van der Waals surface area contributed by atoms with Gasteiger partial charge in [-0.15, -0.1) is 0 Å². The normalized spacial score (nSPS) is 14.2. The number of alkyl carbamates (subject to hydrolysis) is 1. The van der Waals surface area contributed by atoms with Gasteiger partial charge in [-0.3, -0.25) is 4.79 Å². The Labute approximate surface area is 194 Å². The van der Waals surface area contributed by atoms with Crippen LogP contribution in [0.2, 0.25) is 0 Å². The zero-order valence-electron chi connectivity index (χ0n) is 19.6. The highest BCUT2D eigenvalue weighted by Crippen LogP contribution is 2.44. The maximum Gasteiger partial charge on any atom is 0.407 e. The summed E-state index contributed by atoms with van der Waals surface area (Å²) in [5.41, 5.74) is 4.56. The van der Waals surface area contributed by atoms with Crippen molar-refractivity contribution in [1.29, 1.82) is 0 Å². The van der Waals surface area contributed by atoms with Gasteiger partial charge in [-0.2, -0.15) is 0 Å². The minimum Gasteiger partial charge on any atom is -0.480 e. The molecule has 0 saturated heterocycles. The number of nitrogens with one attached hydrogen (secondary N) is 1. The summed E-state index contributed by atoms with van der Waals surface area (Å²) in [5.74, 6) is -2.02. The standard InChI is InChI=1S/C26H32N2O5/c1-5-28(17(4)25(30)31)24(29)22(16(2)3)14-27-26(32)33-15-23-20-12-8-6-10-18(20)19-11-7-9-13-21(19)23/h6-13,16-17,22-23H,5,14-15H2,1-4H3,(H,27,32)(H,30,31). The molecule has 2 aromatic carbocycles. The van der Waals surface area contributed by atoms with Crippen LogP contribution in [0.3, 0.4) is 0 Å². The third kappa shape index (κ3) is 5.18. The predicted molar refractivity (Wildman–Crippen MR) is 126 cm³/mol. The Morgan fingerprint density at radius 1 is 1.00 bits per heavy atom. The number of benzene rings is 2. The first kappa shape index (κ1) is 24.3. The van der Waals surface area contributed by atoms with Crippen LogP contribution in [-0.2, 0) is 14.3 Å². The summed E-state index contributed by atoms with van der Waals surface area (Å²) in [7, 11) is 0. The van der Waals surface area contributed by atoms with Crippen molar-refractivity contribution in [2.24, 2.45) is 11.8 Å². The highest BCUT2D eigenvalue weighted by molar-refractivity contribution is 5.85. The van der Waals surface area contributed by atoms with Crippen LogP contribution >= 0.6 is 0 Å². The van der Waals surface area contributed by atoms with E-state index < -0.39 is 24.0 Å². The van der Waals surface area contributed by atoms with Crippen LogP contribution in [0, 0.1) is 11.8 Å². The van der Waals surface area contributed by atoms with Crippen molar-refractivity contribution in [3.05, 3.63) is 59.7 Å². The number of carboxylic acid groups (broad SMARTS) is 1. The van der Waals surface area contributed by atoms with Gasteiger partial charge in [0.15, 0.2) is 0 Å². The summed E-state index contributed by atoms with van der Waals surface area (Å²) in [6.07, 6.45) is -0.593. The molecule has 7 heteroatoms. The number of fused-ring (bicyclic) bond motifs is 3. The molecule has 0 spiro atoms. The van der Waals surface area contributed by atoms with E-state index in [4.69, 9.17) is 4.74 Å². The van der Waals surface area contributed by atoms with Crippen molar-refractivity contribution in [2.75, 3.05) is 19.7 Å². The number of ether oxygens (including phenoxy) is 1. The number of carbonyl (C=O) groups excluding carboxylic acids is 2. The minimum absolute atomic E-state index is 0.0438. The lowest BCUT2D eigenvalue weighted by atomic mass is 9.93. The molecule has 1 aliphatic carbocycles. The molecule has 0 radical (unpaired) electrons. The van der Waals surface area contributed by atoms with Gasteiger partial charge in [0.1, 0.15) is 12.6 Å². The molecular weight excluding hydrogens is 420 g/mol. The lowest BCUT2D eigenvalue weighted by Gasteiger charge is -2.31. The molecule has 176 valence electrons. The Morgan fingerprint density at radius 2 is 1.55 bits per heavy atom. The van der Waals surface area contributed by atoms with E-state index in [-0.39, 0.29) is 37.4 Å². The topological polar surface area (TPSA) is 95.9 Å². The van der Waals surface area contributed by atoms with Gasteiger partial charge in [0.2, 0.25) is 5.91 Å². The first-order chi connectivity index (χ1) is 15.8. The number of amides is 2. The molecule has 0 aromatic heterocycles. The van der Waals surface area contributed by atoms with Crippen molar-refractivity contribution in [3.63, 3.8) is 0 Å². The van der Waals surface area contributed by atoms with Gasteiger partial charge in [-0.05, 0) is 42.0 Å². The Balaban J connectivity index is 1.63. The summed E-state index contributed by atoms with van der Waals surface area (Å²) in [6.45, 7) is 7.53. The second-order valence-corrected chi connectivity index (χ2v) is 8.70. The van der Waals surface area contributed by atoms with Gasteiger partial charge >= 0.3 is 12.1 Å². The van der Waals surface area contributed by atoms with Gasteiger partial charge < -0.3 is 20.1 Å². The van der Waals surface area contributed by atoms with Crippen molar-refractivity contribution in [2.45, 2.75) is 39.7 Å². The molecular formula is C26H32N2O5. The maximum absolute atomic E-state index is 13.0. The van der Waals surface area contributed by atoms with E-state index in [9.17, 15) is 19.5 Å². The monoisotopic (exact) mass is 452 g/mol. The molecule has 2 atom stereocenters. The van der Waals surface area contributed by atoms with E-state index in [2.05, 4.69) is 29.6 Å². The van der Waals surface area contributed by atoms with Crippen LogP contribution in [0.4, 0.5) is 4.79 Å². The highest BCUT2D eigenvalue weighted by Gasteiger charge is 2.33. The van der Waals surface area contributed by atoms with E-state index in [1.165, 1.54) is 11.8 Å². The molecule has 2 amide bonds. The third-order valence-corrected chi connectivity index (χ3v) is 6.38. The number of rotatable bonds is 9. The number of nitrogens with zero attached hydrogens (tertiary/aromatic N) is 1. The lowest BCUT2D eigenvalue weighted by Crippen LogP contribution is -2.49. The number of hydrogen-bond donors (Lipinski definition) is 2. The second kappa shape index (κ2) is 10.5. The largest absolute Gasteiger partial charge is 0.480 e. The predicted octanol–water partition coefficient (Wildman–Crippen LogP) is 4.12. The summed E-state index contributed by atoms with van der Waals surface area (Å²) in [6, 6.07) is 15.3. The number of likely N-dealkylation sites (N-methyl/N-ethyl adjacent to an activating group) is 1. The van der Waals surface area contributed by atoms with E-state index in [0.29, 0.717) is 0 Å². The summed E-state index contributed by atoms with van der Waals surface area (Å²) in [4.78, 5) is 38.2. The molecule has 0 aliphatic heterocycles. The van der Waals surface area contributed by atoms with Gasteiger partial charge in [-0.25, -0.2) is 9.59 Å². The molecule has 3 rings (SSSR count). The smallest absolute Gasteiger partial charge is 0.407 e. The molecule has 1 aliphatic rings. The number of carboxylic acids is 1. The molecule has 0 heterocycles. The fourth-order valence-electron chi connectivity index (χ4n) is 4.42. The average Bonchev–Trinajstić information content (AvgIpc) is 3.11. The van der Waals surface area contributed by atoms with Crippen LogP contribution in [-0.4, -0.2) is 53.7 Å². The first-order valence-corrected chi connectivity index (χ1v) is 11.4. The van der Waals surface area contributed by atoms with E-state index in [1.807, 2.05) is 38.1 Å². The summed E-state index contributed by atoms with van der Waals surface area (Å²) >= 11 is 0. The van der Waals surface area contributed by atoms with E-state index in [1.54, 1.807) is 6.92 Å². The molecule has 33 heavy (non-hydrogen) atoms. The SMILES string of the molecule is CCN(C(=O)C(CNC(=O)OCC1c2ccccc2-c2ccccc21)C(C)C)C(C)C(=O)O. The Bertz CT molecular complexity index is 974. The first-order valence-electron chi connectivity index (χ1n) is 11.4. The molecule has 2 unspecified atom stereocenters. The molecule has 7 nitrogen and oxygen atoms in total. The van der Waals surface area contributed by atoms with Crippen molar-refractivity contribution in [3.8, 4) is 11.1 Å². The van der Waals surface area contributed by atoms with Crippen LogP contribution in [0.15, 0.2) is 48.5 Å². The van der Waals surface area contributed by atoms with E-state index in [0.717, 1.165) is 22.3 Å². The van der Waals surface area contributed by atoms with Crippen LogP contribution in [0.25, 0.3) is 11.1 Å². The Morgan fingerprint density at radius 3 is 2.03 bits per heavy atom. The number of aliphatic carboxylic acids is 1. The molecule has 2 aromatic rings. The quantitative estimate of drug-likeness (QED) is 0.597.